The molecule has 0 amide bonds. The lowest BCUT2D eigenvalue weighted by atomic mass is 10.1. The number of aryl methyl sites for hydroxylation is 2. The molecule has 0 aliphatic heterocycles. The molecule has 2 rings (SSSR count). The summed E-state index contributed by atoms with van der Waals surface area (Å²) < 4.78 is 17.0. The van der Waals surface area contributed by atoms with Crippen molar-refractivity contribution in [2.24, 2.45) is 0 Å². The van der Waals surface area contributed by atoms with Crippen LogP contribution in [0.5, 0.6) is 17.2 Å². The average molecular weight is 328 g/mol. The van der Waals surface area contributed by atoms with E-state index in [9.17, 15) is 4.79 Å². The first-order valence-corrected chi connectivity index (χ1v) is 8.18. The topological polar surface area (TPSA) is 44.8 Å². The van der Waals surface area contributed by atoms with E-state index >= 15 is 0 Å². The Morgan fingerprint density at radius 1 is 0.875 bits per heavy atom. The van der Waals surface area contributed by atoms with Gasteiger partial charge in [-0.15, -0.1) is 0 Å². The smallest absolute Gasteiger partial charge is 0.161 e. The van der Waals surface area contributed by atoms with Crippen LogP contribution >= 0.6 is 0 Å². The highest BCUT2D eigenvalue weighted by Crippen LogP contribution is 2.28. The van der Waals surface area contributed by atoms with Crippen molar-refractivity contribution in [3.05, 3.63) is 53.1 Å². The normalized spacial score (nSPS) is 10.3. The Morgan fingerprint density at radius 2 is 1.58 bits per heavy atom. The van der Waals surface area contributed by atoms with E-state index in [2.05, 4.69) is 19.9 Å². The first kappa shape index (κ1) is 17.9. The molecule has 0 fully saturated rings. The molecule has 128 valence electrons. The molecule has 0 aliphatic carbocycles. The highest BCUT2D eigenvalue weighted by molar-refractivity contribution is 5.76. The fourth-order valence-corrected chi connectivity index (χ4v) is 2.43. The Balaban J connectivity index is 1.82. The summed E-state index contributed by atoms with van der Waals surface area (Å²) in [5.74, 6) is 2.13. The Bertz CT molecular complexity index is 659. The van der Waals surface area contributed by atoms with Crippen LogP contribution in [0.25, 0.3) is 0 Å². The Kier molecular flexibility index (Phi) is 6.67. The van der Waals surface area contributed by atoms with Crippen LogP contribution in [-0.2, 0) is 0 Å². The summed E-state index contributed by atoms with van der Waals surface area (Å²) in [6.07, 6.45) is 1.55. The molecule has 0 saturated heterocycles. The summed E-state index contributed by atoms with van der Waals surface area (Å²) >= 11 is 0. The van der Waals surface area contributed by atoms with Crippen molar-refractivity contribution >= 4 is 6.29 Å². The number of hydrogen-bond donors (Lipinski definition) is 0. The highest BCUT2D eigenvalue weighted by atomic mass is 16.5. The first-order chi connectivity index (χ1) is 11.6. The Hall–Kier alpha value is -2.49. The van der Waals surface area contributed by atoms with E-state index in [1.807, 2.05) is 19.1 Å². The number of benzene rings is 2. The second kappa shape index (κ2) is 8.96. The van der Waals surface area contributed by atoms with Gasteiger partial charge in [-0.2, -0.15) is 0 Å². The van der Waals surface area contributed by atoms with E-state index in [1.54, 1.807) is 18.2 Å². The molecule has 0 aliphatic rings. The number of hydrogen-bond acceptors (Lipinski definition) is 4. The van der Waals surface area contributed by atoms with Gasteiger partial charge in [0.25, 0.3) is 0 Å². The molecule has 0 heterocycles. The van der Waals surface area contributed by atoms with Crippen molar-refractivity contribution < 1.29 is 19.0 Å². The lowest BCUT2D eigenvalue weighted by Gasteiger charge is -2.13. The van der Waals surface area contributed by atoms with Gasteiger partial charge in [0.15, 0.2) is 11.5 Å². The van der Waals surface area contributed by atoms with Crippen molar-refractivity contribution in [2.75, 3.05) is 19.8 Å². The van der Waals surface area contributed by atoms with Gasteiger partial charge in [-0.3, -0.25) is 4.79 Å². The van der Waals surface area contributed by atoms with Crippen LogP contribution in [0.3, 0.4) is 0 Å². The van der Waals surface area contributed by atoms with Crippen molar-refractivity contribution in [3.63, 3.8) is 0 Å². The number of ether oxygens (including phenoxy) is 3. The predicted molar refractivity (Wildman–Crippen MR) is 94.5 cm³/mol. The number of carbonyl (C=O) groups is 1. The predicted octanol–water partition coefficient (Wildman–Crippen LogP) is 4.36. The Morgan fingerprint density at radius 3 is 2.25 bits per heavy atom. The summed E-state index contributed by atoms with van der Waals surface area (Å²) in [4.78, 5) is 10.8. The van der Waals surface area contributed by atoms with Gasteiger partial charge in [-0.05, 0) is 62.2 Å². The van der Waals surface area contributed by atoms with Crippen LogP contribution in [0, 0.1) is 13.8 Å². The van der Waals surface area contributed by atoms with Crippen molar-refractivity contribution in [2.45, 2.75) is 27.2 Å². The zero-order valence-corrected chi connectivity index (χ0v) is 14.5. The average Bonchev–Trinajstić information content (AvgIpc) is 2.55. The second-order valence-electron chi connectivity index (χ2n) is 5.63. The molecule has 0 atom stereocenters. The SMILES string of the molecule is CCOc1cc(C=O)ccc1OCCCOc1cc(C)cc(C)c1. The minimum Gasteiger partial charge on any atom is -0.493 e. The first-order valence-electron chi connectivity index (χ1n) is 8.18. The molecule has 2 aromatic carbocycles. The van der Waals surface area contributed by atoms with Crippen LogP contribution < -0.4 is 14.2 Å². The molecule has 0 saturated carbocycles. The maximum absolute atomic E-state index is 10.8. The van der Waals surface area contributed by atoms with E-state index in [0.29, 0.717) is 36.9 Å². The maximum atomic E-state index is 10.8. The van der Waals surface area contributed by atoms with E-state index in [4.69, 9.17) is 14.2 Å². The van der Waals surface area contributed by atoms with Crippen LogP contribution in [0.1, 0.15) is 34.8 Å². The molecule has 4 heteroatoms. The standard InChI is InChI=1S/C20H24O4/c1-4-22-20-13-17(14-21)6-7-19(20)24-9-5-8-23-18-11-15(2)10-16(3)12-18/h6-7,10-14H,4-5,8-9H2,1-3H3. The molecule has 24 heavy (non-hydrogen) atoms. The van der Waals surface area contributed by atoms with Crippen LogP contribution in [-0.4, -0.2) is 26.1 Å². The summed E-state index contributed by atoms with van der Waals surface area (Å²) in [5.41, 5.74) is 2.96. The molecule has 2 aromatic rings. The largest absolute Gasteiger partial charge is 0.493 e. The molecule has 0 aromatic heterocycles. The lowest BCUT2D eigenvalue weighted by Crippen LogP contribution is -2.06. The van der Waals surface area contributed by atoms with Gasteiger partial charge in [-0.1, -0.05) is 6.07 Å². The third-order valence-corrected chi connectivity index (χ3v) is 3.41. The molecule has 0 unspecified atom stereocenters. The molecule has 0 spiro atoms. The molecule has 0 bridgehead atoms. The third kappa shape index (κ3) is 5.30. The molecular formula is C20H24O4. The Labute approximate surface area is 143 Å². The van der Waals surface area contributed by atoms with E-state index in [-0.39, 0.29) is 0 Å². The summed E-state index contributed by atoms with van der Waals surface area (Å²) in [5, 5.41) is 0. The minimum atomic E-state index is 0.519. The number of aldehydes is 1. The van der Waals surface area contributed by atoms with Crippen molar-refractivity contribution in [3.8, 4) is 17.2 Å². The van der Waals surface area contributed by atoms with E-state index in [0.717, 1.165) is 18.5 Å². The number of rotatable bonds is 9. The second-order valence-corrected chi connectivity index (χ2v) is 5.63. The zero-order valence-electron chi connectivity index (χ0n) is 14.5. The van der Waals surface area contributed by atoms with E-state index < -0.39 is 0 Å². The fraction of sp³-hybridized carbons (Fsp3) is 0.350. The monoisotopic (exact) mass is 328 g/mol. The highest BCUT2D eigenvalue weighted by Gasteiger charge is 2.06. The summed E-state index contributed by atoms with van der Waals surface area (Å²) in [6, 6.07) is 11.3. The molecule has 4 nitrogen and oxygen atoms in total. The van der Waals surface area contributed by atoms with Gasteiger partial charge in [0, 0.05) is 12.0 Å². The van der Waals surface area contributed by atoms with Gasteiger partial charge in [0.1, 0.15) is 12.0 Å². The summed E-state index contributed by atoms with van der Waals surface area (Å²) in [6.45, 7) is 7.64. The molecule has 0 N–H and O–H groups in total. The minimum absolute atomic E-state index is 0.519. The molecule has 0 radical (unpaired) electrons. The van der Waals surface area contributed by atoms with Crippen molar-refractivity contribution in [1.82, 2.24) is 0 Å². The van der Waals surface area contributed by atoms with E-state index in [1.165, 1.54) is 11.1 Å². The van der Waals surface area contributed by atoms with Crippen LogP contribution in [0.2, 0.25) is 0 Å². The molecular weight excluding hydrogens is 304 g/mol. The van der Waals surface area contributed by atoms with Gasteiger partial charge >= 0.3 is 0 Å². The fourth-order valence-electron chi connectivity index (χ4n) is 2.43. The summed E-state index contributed by atoms with van der Waals surface area (Å²) in [7, 11) is 0. The quantitative estimate of drug-likeness (QED) is 0.507. The van der Waals surface area contributed by atoms with Crippen LogP contribution in [0.15, 0.2) is 36.4 Å². The number of carbonyl (C=O) groups excluding carboxylic acids is 1. The zero-order chi connectivity index (χ0) is 17.4. The van der Waals surface area contributed by atoms with Gasteiger partial charge < -0.3 is 14.2 Å². The maximum Gasteiger partial charge on any atom is 0.161 e. The van der Waals surface area contributed by atoms with Gasteiger partial charge in [0.05, 0.1) is 19.8 Å². The lowest BCUT2D eigenvalue weighted by molar-refractivity contribution is 0.112. The third-order valence-electron chi connectivity index (χ3n) is 3.41. The van der Waals surface area contributed by atoms with Crippen LogP contribution in [0.4, 0.5) is 0 Å². The van der Waals surface area contributed by atoms with Gasteiger partial charge in [-0.25, -0.2) is 0 Å². The van der Waals surface area contributed by atoms with Gasteiger partial charge in [0.2, 0.25) is 0 Å². The van der Waals surface area contributed by atoms with Crippen molar-refractivity contribution in [1.29, 1.82) is 0 Å².